The van der Waals surface area contributed by atoms with Crippen LogP contribution in [0.4, 0.5) is 11.4 Å². The summed E-state index contributed by atoms with van der Waals surface area (Å²) in [5, 5.41) is 13.0. The summed E-state index contributed by atoms with van der Waals surface area (Å²) in [5.74, 6) is -1.07. The molecule has 0 aromatic heterocycles. The van der Waals surface area contributed by atoms with E-state index in [0.29, 0.717) is 15.6 Å². The lowest BCUT2D eigenvalue weighted by molar-refractivity contribution is -0.384. The molecule has 0 saturated carbocycles. The van der Waals surface area contributed by atoms with E-state index in [2.05, 4.69) is 5.32 Å². The molecular formula is C18H17ClN2O5S. The number of nitrogens with one attached hydrogen (secondary N) is 1. The van der Waals surface area contributed by atoms with Crippen LogP contribution >= 0.6 is 23.4 Å². The van der Waals surface area contributed by atoms with Gasteiger partial charge in [0.15, 0.2) is 6.10 Å². The van der Waals surface area contributed by atoms with Crippen LogP contribution in [0.25, 0.3) is 0 Å². The Balaban J connectivity index is 1.90. The molecule has 0 unspecified atom stereocenters. The molecular weight excluding hydrogens is 392 g/mol. The molecule has 0 heterocycles. The third-order valence-corrected chi connectivity index (χ3v) is 4.91. The SMILES string of the molecule is C[C@H](Sc1ccc([N+](=O)[O-])cc1)C(=O)O[C@H](C)C(=O)Nc1ccccc1Cl. The minimum absolute atomic E-state index is 0.0283. The molecule has 0 fully saturated rings. The van der Waals surface area contributed by atoms with Gasteiger partial charge in [0.1, 0.15) is 5.25 Å². The van der Waals surface area contributed by atoms with Crippen LogP contribution < -0.4 is 5.32 Å². The zero-order valence-corrected chi connectivity index (χ0v) is 16.1. The minimum atomic E-state index is -1.01. The van der Waals surface area contributed by atoms with E-state index in [-0.39, 0.29) is 5.69 Å². The number of para-hydroxylation sites is 1. The Labute approximate surface area is 165 Å². The number of hydrogen-bond acceptors (Lipinski definition) is 6. The summed E-state index contributed by atoms with van der Waals surface area (Å²) < 4.78 is 5.20. The number of thioether (sulfide) groups is 1. The van der Waals surface area contributed by atoms with Gasteiger partial charge in [-0.15, -0.1) is 11.8 Å². The molecule has 0 aliphatic rings. The Morgan fingerprint density at radius 1 is 1.15 bits per heavy atom. The highest BCUT2D eigenvalue weighted by molar-refractivity contribution is 8.00. The first kappa shape index (κ1) is 20.7. The summed E-state index contributed by atoms with van der Waals surface area (Å²) in [4.78, 5) is 35.2. The lowest BCUT2D eigenvalue weighted by Crippen LogP contribution is -2.32. The average molecular weight is 409 g/mol. The summed E-state index contributed by atoms with van der Waals surface area (Å²) >= 11 is 7.16. The number of anilines is 1. The van der Waals surface area contributed by atoms with Crippen LogP contribution in [0.5, 0.6) is 0 Å². The molecule has 27 heavy (non-hydrogen) atoms. The number of benzene rings is 2. The highest BCUT2D eigenvalue weighted by Gasteiger charge is 2.23. The maximum atomic E-state index is 12.2. The second-order valence-electron chi connectivity index (χ2n) is 5.56. The summed E-state index contributed by atoms with van der Waals surface area (Å²) in [5.41, 5.74) is 0.403. The largest absolute Gasteiger partial charge is 0.452 e. The lowest BCUT2D eigenvalue weighted by atomic mass is 10.3. The third-order valence-electron chi connectivity index (χ3n) is 3.49. The smallest absolute Gasteiger partial charge is 0.319 e. The highest BCUT2D eigenvalue weighted by atomic mass is 35.5. The van der Waals surface area contributed by atoms with E-state index >= 15 is 0 Å². The van der Waals surface area contributed by atoms with E-state index in [4.69, 9.17) is 16.3 Å². The van der Waals surface area contributed by atoms with E-state index in [0.717, 1.165) is 0 Å². The van der Waals surface area contributed by atoms with Gasteiger partial charge in [0, 0.05) is 17.0 Å². The van der Waals surface area contributed by atoms with E-state index in [1.165, 1.54) is 30.8 Å². The van der Waals surface area contributed by atoms with Crippen molar-refractivity contribution in [3.8, 4) is 0 Å². The van der Waals surface area contributed by atoms with Crippen molar-refractivity contribution in [2.75, 3.05) is 5.32 Å². The second kappa shape index (κ2) is 9.38. The zero-order valence-electron chi connectivity index (χ0n) is 14.5. The molecule has 142 valence electrons. The number of non-ortho nitro benzene ring substituents is 1. The Morgan fingerprint density at radius 2 is 1.78 bits per heavy atom. The molecule has 0 spiro atoms. The molecule has 0 saturated heterocycles. The normalized spacial score (nSPS) is 12.7. The molecule has 2 aromatic rings. The monoisotopic (exact) mass is 408 g/mol. The molecule has 2 aromatic carbocycles. The zero-order chi connectivity index (χ0) is 20.0. The van der Waals surface area contributed by atoms with Crippen LogP contribution in [0, 0.1) is 10.1 Å². The fourth-order valence-corrected chi connectivity index (χ4v) is 3.06. The highest BCUT2D eigenvalue weighted by Crippen LogP contribution is 2.26. The predicted molar refractivity (Wildman–Crippen MR) is 104 cm³/mol. The number of halogens is 1. The van der Waals surface area contributed by atoms with Crippen molar-refractivity contribution in [3.05, 3.63) is 63.7 Å². The van der Waals surface area contributed by atoms with Crippen molar-refractivity contribution < 1.29 is 19.2 Å². The van der Waals surface area contributed by atoms with E-state index in [1.807, 2.05) is 0 Å². The van der Waals surface area contributed by atoms with Gasteiger partial charge in [-0.2, -0.15) is 0 Å². The lowest BCUT2D eigenvalue weighted by Gasteiger charge is -2.17. The first-order chi connectivity index (χ1) is 12.8. The molecule has 0 aliphatic carbocycles. The maximum absolute atomic E-state index is 12.2. The van der Waals surface area contributed by atoms with Crippen LogP contribution in [0.1, 0.15) is 13.8 Å². The minimum Gasteiger partial charge on any atom is -0.452 e. The Kier molecular flexibility index (Phi) is 7.20. The summed E-state index contributed by atoms with van der Waals surface area (Å²) in [6.07, 6.45) is -1.01. The van der Waals surface area contributed by atoms with Gasteiger partial charge in [-0.1, -0.05) is 23.7 Å². The van der Waals surface area contributed by atoms with Crippen LogP contribution in [-0.2, 0) is 14.3 Å². The van der Waals surface area contributed by atoms with Gasteiger partial charge >= 0.3 is 5.97 Å². The number of amides is 1. The molecule has 2 rings (SSSR count). The Morgan fingerprint density at radius 3 is 2.37 bits per heavy atom. The number of nitro benzene ring substituents is 1. The number of esters is 1. The van der Waals surface area contributed by atoms with E-state index < -0.39 is 28.2 Å². The molecule has 7 nitrogen and oxygen atoms in total. The van der Waals surface area contributed by atoms with Gasteiger partial charge in [0.05, 0.1) is 15.6 Å². The quantitative estimate of drug-likeness (QED) is 0.317. The number of hydrogen-bond donors (Lipinski definition) is 1. The number of nitrogens with zero attached hydrogens (tertiary/aromatic N) is 1. The summed E-state index contributed by atoms with van der Waals surface area (Å²) in [6, 6.07) is 12.6. The fourth-order valence-electron chi connectivity index (χ4n) is 2.02. The van der Waals surface area contributed by atoms with Crippen LogP contribution in [0.15, 0.2) is 53.4 Å². The van der Waals surface area contributed by atoms with Crippen molar-refractivity contribution in [2.24, 2.45) is 0 Å². The third kappa shape index (κ3) is 5.97. The molecule has 1 amide bonds. The van der Waals surface area contributed by atoms with E-state index in [1.54, 1.807) is 43.3 Å². The number of rotatable bonds is 7. The van der Waals surface area contributed by atoms with Gasteiger partial charge in [-0.25, -0.2) is 0 Å². The number of carbonyl (C=O) groups is 2. The fraction of sp³-hybridized carbons (Fsp3) is 0.222. The average Bonchev–Trinajstić information content (AvgIpc) is 2.63. The maximum Gasteiger partial charge on any atom is 0.319 e. The molecule has 0 aliphatic heterocycles. The first-order valence-corrected chi connectivity index (χ1v) is 9.20. The molecule has 2 atom stereocenters. The van der Waals surface area contributed by atoms with Crippen LogP contribution in [0.2, 0.25) is 5.02 Å². The van der Waals surface area contributed by atoms with Gasteiger partial charge in [-0.3, -0.25) is 19.7 Å². The second-order valence-corrected chi connectivity index (χ2v) is 7.38. The van der Waals surface area contributed by atoms with Gasteiger partial charge in [0.2, 0.25) is 0 Å². The van der Waals surface area contributed by atoms with Crippen LogP contribution in [-0.4, -0.2) is 28.2 Å². The van der Waals surface area contributed by atoms with Crippen molar-refractivity contribution >= 4 is 46.6 Å². The van der Waals surface area contributed by atoms with Crippen molar-refractivity contribution in [2.45, 2.75) is 30.1 Å². The molecule has 0 radical (unpaired) electrons. The Hall–Kier alpha value is -2.58. The summed E-state index contributed by atoms with van der Waals surface area (Å²) in [6.45, 7) is 3.10. The number of carbonyl (C=O) groups excluding carboxylic acids is 2. The topological polar surface area (TPSA) is 98.5 Å². The standard InChI is InChI=1S/C18H17ClN2O5S/c1-11(17(22)20-16-6-4-3-5-15(16)19)26-18(23)12(2)27-14-9-7-13(8-10-14)21(24)25/h3-12H,1-2H3,(H,20,22)/t11-,12+/m1/s1. The Bertz CT molecular complexity index is 844. The van der Waals surface area contributed by atoms with Crippen LogP contribution in [0.3, 0.4) is 0 Å². The van der Waals surface area contributed by atoms with Crippen molar-refractivity contribution in [1.29, 1.82) is 0 Å². The predicted octanol–water partition coefficient (Wildman–Crippen LogP) is 4.30. The van der Waals surface area contributed by atoms with Crippen molar-refractivity contribution in [3.63, 3.8) is 0 Å². The van der Waals surface area contributed by atoms with Crippen molar-refractivity contribution in [1.82, 2.24) is 0 Å². The number of ether oxygens (including phenoxy) is 1. The van der Waals surface area contributed by atoms with Gasteiger partial charge in [0.25, 0.3) is 11.6 Å². The molecule has 0 bridgehead atoms. The summed E-state index contributed by atoms with van der Waals surface area (Å²) in [7, 11) is 0. The van der Waals surface area contributed by atoms with E-state index in [9.17, 15) is 19.7 Å². The van der Waals surface area contributed by atoms with Gasteiger partial charge < -0.3 is 10.1 Å². The number of nitro groups is 1. The molecule has 1 N–H and O–H groups in total. The van der Waals surface area contributed by atoms with Gasteiger partial charge in [-0.05, 0) is 38.1 Å². The molecule has 9 heteroatoms. The first-order valence-electron chi connectivity index (χ1n) is 7.95.